The Kier molecular flexibility index (Phi) is 4.07. The van der Waals surface area contributed by atoms with Gasteiger partial charge in [-0.15, -0.1) is 0 Å². The van der Waals surface area contributed by atoms with E-state index >= 15 is 0 Å². The highest BCUT2D eigenvalue weighted by molar-refractivity contribution is 9.10. The van der Waals surface area contributed by atoms with Crippen molar-refractivity contribution >= 4 is 21.8 Å². The van der Waals surface area contributed by atoms with E-state index in [4.69, 9.17) is 0 Å². The summed E-state index contributed by atoms with van der Waals surface area (Å²) in [5.41, 5.74) is 2.26. The molecule has 1 aliphatic rings. The Morgan fingerprint density at radius 2 is 2.14 bits per heavy atom. The number of carbonyl (C=O) groups is 1. The van der Waals surface area contributed by atoms with Gasteiger partial charge in [0.25, 0.3) is 5.91 Å². The van der Waals surface area contributed by atoms with Gasteiger partial charge >= 0.3 is 0 Å². The zero-order valence-corrected chi connectivity index (χ0v) is 13.4. The van der Waals surface area contributed by atoms with Crippen LogP contribution in [0.4, 0.5) is 0 Å². The van der Waals surface area contributed by atoms with E-state index in [1.807, 2.05) is 35.2 Å². The first kappa shape index (κ1) is 14.3. The van der Waals surface area contributed by atoms with Crippen LogP contribution in [-0.2, 0) is 0 Å². The van der Waals surface area contributed by atoms with Gasteiger partial charge in [-0.1, -0.05) is 30.3 Å². The molecule has 0 bridgehead atoms. The number of hydrogen-bond donors (Lipinski definition) is 2. The number of carbonyl (C=O) groups excluding carboxylic acids is 1. The molecule has 5 nitrogen and oxygen atoms in total. The molecule has 1 atom stereocenters. The number of rotatable bonds is 2. The second-order valence-electron chi connectivity index (χ2n) is 5.23. The Labute approximate surface area is 131 Å². The second-order valence-corrected chi connectivity index (χ2v) is 6.03. The largest absolute Gasteiger partial charge is 0.334 e. The van der Waals surface area contributed by atoms with Crippen LogP contribution in [0, 0.1) is 0 Å². The predicted octanol–water partition coefficient (Wildman–Crippen LogP) is 2.27. The highest BCUT2D eigenvalue weighted by atomic mass is 79.9. The highest BCUT2D eigenvalue weighted by Crippen LogP contribution is 2.29. The third kappa shape index (κ3) is 2.87. The summed E-state index contributed by atoms with van der Waals surface area (Å²) >= 11 is 3.51. The zero-order valence-electron chi connectivity index (χ0n) is 11.8. The molecule has 3 rings (SSSR count). The fourth-order valence-electron chi connectivity index (χ4n) is 2.53. The molecule has 0 spiro atoms. The lowest BCUT2D eigenvalue weighted by Crippen LogP contribution is -2.51. The maximum absolute atomic E-state index is 12.6. The summed E-state index contributed by atoms with van der Waals surface area (Å²) < 4.78 is 0.727. The first-order chi connectivity index (χ1) is 10.2. The van der Waals surface area contributed by atoms with E-state index in [0.29, 0.717) is 18.3 Å². The average molecular weight is 349 g/mol. The maximum Gasteiger partial charge on any atom is 0.273 e. The molecule has 1 amide bonds. The van der Waals surface area contributed by atoms with E-state index in [0.717, 1.165) is 28.8 Å². The number of H-pyrrole nitrogens is 1. The number of halogens is 1. The molecule has 2 heterocycles. The first-order valence-electron chi connectivity index (χ1n) is 6.98. The summed E-state index contributed by atoms with van der Waals surface area (Å²) in [5.74, 6) is -0.00935. The molecule has 0 saturated carbocycles. The van der Waals surface area contributed by atoms with Crippen molar-refractivity contribution in [1.82, 2.24) is 20.4 Å². The molecular weight excluding hydrogens is 332 g/mol. The summed E-state index contributed by atoms with van der Waals surface area (Å²) in [7, 11) is 0. The molecule has 1 aromatic carbocycles. The van der Waals surface area contributed by atoms with Crippen molar-refractivity contribution in [3.63, 3.8) is 0 Å². The standard InChI is InChI=1S/C15H17BrN4O/c1-10-9-20(8-7-17-10)15(21)14-12(16)13(18-19-14)11-5-3-2-4-6-11/h2-6,10,17H,7-9H2,1H3,(H,18,19)/t10-/m0/s1. The number of amides is 1. The summed E-state index contributed by atoms with van der Waals surface area (Å²) in [4.78, 5) is 14.5. The number of aromatic nitrogens is 2. The van der Waals surface area contributed by atoms with Crippen LogP contribution in [0.15, 0.2) is 34.8 Å². The number of nitrogens with zero attached hydrogens (tertiary/aromatic N) is 2. The molecule has 6 heteroatoms. The van der Waals surface area contributed by atoms with Gasteiger partial charge in [0, 0.05) is 31.2 Å². The van der Waals surface area contributed by atoms with Gasteiger partial charge in [0.05, 0.1) is 4.47 Å². The summed E-state index contributed by atoms with van der Waals surface area (Å²) in [6, 6.07) is 10.1. The van der Waals surface area contributed by atoms with Gasteiger partial charge in [-0.2, -0.15) is 5.10 Å². The summed E-state index contributed by atoms with van der Waals surface area (Å²) in [6.07, 6.45) is 0. The molecule has 1 aromatic heterocycles. The van der Waals surface area contributed by atoms with Crippen molar-refractivity contribution < 1.29 is 4.79 Å². The van der Waals surface area contributed by atoms with Crippen LogP contribution in [0.3, 0.4) is 0 Å². The van der Waals surface area contributed by atoms with Crippen molar-refractivity contribution in [3.8, 4) is 11.3 Å². The number of piperazine rings is 1. The van der Waals surface area contributed by atoms with Crippen LogP contribution >= 0.6 is 15.9 Å². The lowest BCUT2D eigenvalue weighted by molar-refractivity contribution is 0.0702. The number of aromatic amines is 1. The Hall–Kier alpha value is -1.66. The predicted molar refractivity (Wildman–Crippen MR) is 85.1 cm³/mol. The van der Waals surface area contributed by atoms with E-state index in [9.17, 15) is 4.79 Å². The molecule has 1 aliphatic heterocycles. The van der Waals surface area contributed by atoms with Gasteiger partial charge in [0.1, 0.15) is 11.4 Å². The smallest absolute Gasteiger partial charge is 0.273 e. The van der Waals surface area contributed by atoms with E-state index in [2.05, 4.69) is 38.4 Å². The van der Waals surface area contributed by atoms with Crippen molar-refractivity contribution in [2.45, 2.75) is 13.0 Å². The molecule has 0 unspecified atom stereocenters. The lowest BCUT2D eigenvalue weighted by atomic mass is 10.1. The maximum atomic E-state index is 12.6. The third-order valence-electron chi connectivity index (χ3n) is 3.62. The normalized spacial score (nSPS) is 18.8. The lowest BCUT2D eigenvalue weighted by Gasteiger charge is -2.31. The minimum atomic E-state index is -0.00935. The Morgan fingerprint density at radius 3 is 2.86 bits per heavy atom. The van der Waals surface area contributed by atoms with Crippen molar-refractivity contribution in [1.29, 1.82) is 0 Å². The minimum Gasteiger partial charge on any atom is -0.334 e. The van der Waals surface area contributed by atoms with E-state index < -0.39 is 0 Å². The number of benzene rings is 1. The molecule has 1 saturated heterocycles. The molecular formula is C15H17BrN4O. The van der Waals surface area contributed by atoms with Crippen LogP contribution < -0.4 is 5.32 Å². The van der Waals surface area contributed by atoms with Gasteiger partial charge in [0.2, 0.25) is 0 Å². The fraction of sp³-hybridized carbons (Fsp3) is 0.333. The second kappa shape index (κ2) is 5.99. The average Bonchev–Trinajstić information content (AvgIpc) is 2.89. The van der Waals surface area contributed by atoms with Crippen LogP contribution in [0.2, 0.25) is 0 Å². The van der Waals surface area contributed by atoms with Crippen molar-refractivity contribution in [3.05, 3.63) is 40.5 Å². The van der Waals surface area contributed by atoms with Crippen LogP contribution in [0.5, 0.6) is 0 Å². The van der Waals surface area contributed by atoms with Gasteiger partial charge in [-0.25, -0.2) is 0 Å². The SMILES string of the molecule is C[C@H]1CN(C(=O)c2[nH]nc(-c3ccccc3)c2Br)CCN1. The van der Waals surface area contributed by atoms with E-state index in [-0.39, 0.29) is 5.91 Å². The van der Waals surface area contributed by atoms with Gasteiger partial charge in [-0.05, 0) is 22.9 Å². The molecule has 0 aliphatic carbocycles. The van der Waals surface area contributed by atoms with Crippen LogP contribution in [-0.4, -0.2) is 46.7 Å². The van der Waals surface area contributed by atoms with Gasteiger partial charge in [-0.3, -0.25) is 9.89 Å². The van der Waals surface area contributed by atoms with E-state index in [1.165, 1.54) is 0 Å². The molecule has 1 fully saturated rings. The molecule has 2 N–H and O–H groups in total. The topological polar surface area (TPSA) is 61.0 Å². The Balaban J connectivity index is 1.87. The fourth-order valence-corrected chi connectivity index (χ4v) is 3.11. The van der Waals surface area contributed by atoms with Gasteiger partial charge in [0.15, 0.2) is 0 Å². The molecule has 2 aromatic rings. The summed E-state index contributed by atoms with van der Waals surface area (Å²) in [6.45, 7) is 4.33. The number of nitrogens with one attached hydrogen (secondary N) is 2. The minimum absolute atomic E-state index is 0.00935. The Morgan fingerprint density at radius 1 is 1.38 bits per heavy atom. The van der Waals surface area contributed by atoms with E-state index in [1.54, 1.807) is 0 Å². The highest BCUT2D eigenvalue weighted by Gasteiger charge is 2.26. The monoisotopic (exact) mass is 348 g/mol. The quantitative estimate of drug-likeness (QED) is 0.875. The van der Waals surface area contributed by atoms with Gasteiger partial charge < -0.3 is 10.2 Å². The summed E-state index contributed by atoms with van der Waals surface area (Å²) in [5, 5.41) is 10.5. The van der Waals surface area contributed by atoms with Crippen molar-refractivity contribution in [2.24, 2.45) is 0 Å². The molecule has 110 valence electrons. The van der Waals surface area contributed by atoms with Crippen LogP contribution in [0.25, 0.3) is 11.3 Å². The Bertz CT molecular complexity index is 640. The first-order valence-corrected chi connectivity index (χ1v) is 7.78. The molecule has 0 radical (unpaired) electrons. The molecule has 21 heavy (non-hydrogen) atoms. The van der Waals surface area contributed by atoms with Crippen molar-refractivity contribution in [2.75, 3.05) is 19.6 Å². The third-order valence-corrected chi connectivity index (χ3v) is 4.40. The van der Waals surface area contributed by atoms with Crippen LogP contribution in [0.1, 0.15) is 17.4 Å². The number of hydrogen-bond acceptors (Lipinski definition) is 3. The zero-order chi connectivity index (χ0) is 14.8.